The zero-order valence-electron chi connectivity index (χ0n) is 40.7. The lowest BCUT2D eigenvalue weighted by Gasteiger charge is -2.24. The van der Waals surface area contributed by atoms with Crippen molar-refractivity contribution in [2.75, 3.05) is 44.0 Å². The lowest BCUT2D eigenvalue weighted by molar-refractivity contribution is -0.129. The van der Waals surface area contributed by atoms with Gasteiger partial charge in [0.25, 0.3) is 11.5 Å². The van der Waals surface area contributed by atoms with Crippen molar-refractivity contribution in [1.82, 2.24) is 34.6 Å². The average molecular weight is 1220 g/mol. The van der Waals surface area contributed by atoms with Gasteiger partial charge in [-0.25, -0.2) is 32.6 Å². The van der Waals surface area contributed by atoms with Crippen LogP contribution in [0.3, 0.4) is 0 Å². The Morgan fingerprint density at radius 2 is 1.52 bits per heavy atom. The highest BCUT2D eigenvalue weighted by Gasteiger charge is 2.42. The number of nitrogens with zero attached hydrogens (tertiary/aromatic N) is 4. The first kappa shape index (κ1) is 64.2. The van der Waals surface area contributed by atoms with Gasteiger partial charge in [0.1, 0.15) is 31.0 Å². The monoisotopic (exact) mass is 1220 g/mol. The largest absolute Gasteiger partial charge is 0.490 e. The molecule has 8 atom stereocenters. The van der Waals surface area contributed by atoms with Gasteiger partial charge in [0.2, 0.25) is 11.8 Å². The van der Waals surface area contributed by atoms with Crippen LogP contribution in [0.4, 0.5) is 10.6 Å². The number of hydrogen-bond donors (Lipinski definition) is 11. The topological polar surface area (TPSA) is 470 Å². The molecule has 2 saturated heterocycles. The number of anilines is 1. The summed E-state index contributed by atoms with van der Waals surface area (Å²) in [6, 6.07) is 2.36. The van der Waals surface area contributed by atoms with Gasteiger partial charge in [0, 0.05) is 62.6 Å². The van der Waals surface area contributed by atoms with E-state index in [4.69, 9.17) is 33.8 Å². The number of hydrogen-bond acceptors (Lipinski definition) is 22. The Bertz CT molecular complexity index is 2740. The van der Waals surface area contributed by atoms with Crippen LogP contribution in [-0.4, -0.2) is 139 Å². The molecule has 11 N–H and O–H groups in total. The maximum absolute atomic E-state index is 13.3. The molecule has 4 heterocycles. The van der Waals surface area contributed by atoms with E-state index in [1.54, 1.807) is 0 Å². The van der Waals surface area contributed by atoms with E-state index in [0.717, 1.165) is 60.6 Å². The maximum atomic E-state index is 13.3. The number of aromatic nitrogens is 4. The van der Waals surface area contributed by atoms with Crippen LogP contribution in [-0.2, 0) is 71.1 Å². The fourth-order valence-corrected chi connectivity index (χ4v) is 13.2. The van der Waals surface area contributed by atoms with E-state index in [9.17, 15) is 66.7 Å². The fraction of sp³-hybridized carbons (Fsp3) is 0.684. The summed E-state index contributed by atoms with van der Waals surface area (Å²) >= 11 is 0. The predicted octanol–water partition coefficient (Wildman–Crippen LogP) is 0.791. The Balaban J connectivity index is 0.984. The van der Waals surface area contributed by atoms with Gasteiger partial charge < -0.3 is 64.6 Å². The van der Waals surface area contributed by atoms with E-state index in [2.05, 4.69) is 43.9 Å². The van der Waals surface area contributed by atoms with Gasteiger partial charge in [-0.3, -0.25) is 47.2 Å². The summed E-state index contributed by atoms with van der Waals surface area (Å²) in [5.41, 5.74) is -2.32. The van der Waals surface area contributed by atoms with E-state index < -0.39 is 110 Å². The Morgan fingerprint density at radius 1 is 0.792 bits per heavy atom. The summed E-state index contributed by atoms with van der Waals surface area (Å²) in [5.74, 6) is -1.34. The van der Waals surface area contributed by atoms with Crippen LogP contribution in [0.1, 0.15) is 89.5 Å². The Labute approximate surface area is 444 Å². The molecule has 2 aromatic rings. The molecule has 4 amide bonds. The summed E-state index contributed by atoms with van der Waals surface area (Å²) in [6.45, 7) is -1.55. The third-order valence-corrected chi connectivity index (χ3v) is 18.2. The van der Waals surface area contributed by atoms with E-state index in [0.29, 0.717) is 32.1 Å². The fourth-order valence-electron chi connectivity index (χ4n) is 7.82. The first-order chi connectivity index (χ1) is 36.2. The van der Waals surface area contributed by atoms with Gasteiger partial charge in [-0.1, -0.05) is 47.3 Å². The van der Waals surface area contributed by atoms with Crippen molar-refractivity contribution in [3.8, 4) is 0 Å². The second kappa shape index (κ2) is 29.7. The van der Waals surface area contributed by atoms with E-state index in [1.807, 2.05) is 0 Å². The van der Waals surface area contributed by atoms with Crippen molar-refractivity contribution < 1.29 is 104 Å². The molecule has 0 spiro atoms. The molecule has 39 heteroatoms. The van der Waals surface area contributed by atoms with Crippen LogP contribution in [0.5, 0.6) is 0 Å². The van der Waals surface area contributed by atoms with Gasteiger partial charge in [-0.05, 0) is 44.6 Å². The zero-order chi connectivity index (χ0) is 56.6. The molecule has 1 aliphatic carbocycles. The molecule has 77 heavy (non-hydrogen) atoms. The van der Waals surface area contributed by atoms with Crippen molar-refractivity contribution in [3.63, 3.8) is 0 Å². The van der Waals surface area contributed by atoms with Crippen molar-refractivity contribution in [2.45, 2.75) is 120 Å². The first-order valence-corrected chi connectivity index (χ1v) is 32.1. The summed E-state index contributed by atoms with van der Waals surface area (Å²) in [7, 11) is -19.3. The summed E-state index contributed by atoms with van der Waals surface area (Å²) < 4.78 is 81.0. The second-order valence-corrected chi connectivity index (χ2v) is 25.5. The van der Waals surface area contributed by atoms with Crippen LogP contribution in [0.15, 0.2) is 38.9 Å². The molecule has 0 aromatic carbocycles. The van der Waals surface area contributed by atoms with Crippen LogP contribution >= 0.6 is 52.9 Å². The summed E-state index contributed by atoms with van der Waals surface area (Å²) in [6.07, 6.45) is 2.01. The molecule has 1 saturated carbocycles. The molecule has 33 nitrogen and oxygen atoms in total. The highest BCUT2D eigenvalue weighted by atomic mass is 33.1. The highest BCUT2D eigenvalue weighted by molar-refractivity contribution is 8.77. The van der Waals surface area contributed by atoms with E-state index in [1.165, 1.54) is 18.5 Å². The number of aliphatic hydroxyl groups is 1. The number of ether oxygens (including phenoxy) is 3. The number of amides is 4. The number of unbranched alkanes of at least 4 members (excludes halogenated alkanes) is 2. The third-order valence-electron chi connectivity index (χ3n) is 11.4. The minimum atomic E-state index is -5.72. The summed E-state index contributed by atoms with van der Waals surface area (Å²) in [4.78, 5) is 148. The zero-order valence-corrected chi connectivity index (χ0v) is 45.9. The first-order valence-electron chi connectivity index (χ1n) is 23.6. The molecule has 0 bridgehead atoms. The maximum Gasteiger partial charge on any atom is 0.490 e. The van der Waals surface area contributed by atoms with Gasteiger partial charge in [-0.2, -0.15) is 13.6 Å². The number of phosphoric acid groups is 4. The van der Waals surface area contributed by atoms with Gasteiger partial charge in [0.15, 0.2) is 5.37 Å². The molecule has 2 aromatic heterocycles. The Morgan fingerprint density at radius 3 is 2.22 bits per heavy atom. The Hall–Kier alpha value is -3.66. The lowest BCUT2D eigenvalue weighted by Crippen LogP contribution is -2.46. The van der Waals surface area contributed by atoms with Gasteiger partial charge in [0.05, 0.1) is 25.4 Å². The highest BCUT2D eigenvalue weighted by Crippen LogP contribution is 2.66. The van der Waals surface area contributed by atoms with Gasteiger partial charge >= 0.3 is 48.8 Å². The van der Waals surface area contributed by atoms with Crippen LogP contribution in [0.25, 0.3) is 0 Å². The molecule has 0 radical (unpaired) electrons. The normalized spacial score (nSPS) is 22.1. The number of carbonyl (C=O) groups is 4. The Kier molecular flexibility index (Phi) is 24.7. The molecule has 8 unspecified atom stereocenters. The number of rotatable bonds is 30. The quantitative estimate of drug-likeness (QED) is 0.0223. The van der Waals surface area contributed by atoms with Crippen LogP contribution in [0.2, 0.25) is 0 Å². The second-order valence-electron chi connectivity index (χ2n) is 17.2. The number of nitrogens with one attached hydrogen (secondary N) is 4. The van der Waals surface area contributed by atoms with Crippen molar-refractivity contribution >= 4 is 82.5 Å². The third kappa shape index (κ3) is 22.4. The minimum absolute atomic E-state index is 0.0727. The van der Waals surface area contributed by atoms with Crippen molar-refractivity contribution in [1.29, 1.82) is 0 Å². The SMILES string of the molecule is O=C(CCCCCNC(=O)C(NC(=O)C1CCCCC1)SSCCOC(=O)Nc1ccn(C2CCC(COP(=O)(O)OP(=O)(O)OP(=O)(O)O)O2)c(=O)n1)NCCn1c(=O)ccn(C2CC(O)C(COP(=O)(O)O)O2)c1=O. The molecular weight excluding hydrogens is 1160 g/mol. The molecule has 3 fully saturated rings. The summed E-state index contributed by atoms with van der Waals surface area (Å²) in [5, 5.41) is 19.8. The smallest absolute Gasteiger partial charge is 0.448 e. The van der Waals surface area contributed by atoms with Gasteiger partial charge in [-0.15, -0.1) is 0 Å². The standard InChI is InChI=1S/C38H60N8O25P4S2/c47-26-21-32(69-27(26)23-66-72(55,56)57)46-17-13-30(49)44(38(46)54)18-15-39-29(48)9-5-2-6-14-40-34(51)35(43-33(50)24-7-3-1-4-8-24)77-76-20-19-65-37(53)42-28-12-16-45(36(52)41-28)31-11-10-25(68-31)22-67-74(61,62)71-75(63,64)70-73(58,59)60/h12-13,16-17,24-27,31-32,35,47H,1-11,14-15,18-23H2,(H,39,48)(H,40,51)(H,43,50)(H,61,62)(H,63,64)(H2,55,56,57)(H2,58,59,60)(H,41,42,52,53). The van der Waals surface area contributed by atoms with E-state index >= 15 is 0 Å². The number of carbonyl (C=O) groups excluding carboxylic acids is 4. The molecule has 5 rings (SSSR count). The van der Waals surface area contributed by atoms with Crippen molar-refractivity contribution in [3.05, 3.63) is 55.8 Å². The molecule has 3 aliphatic rings. The predicted molar refractivity (Wildman–Crippen MR) is 267 cm³/mol. The minimum Gasteiger partial charge on any atom is -0.448 e. The van der Waals surface area contributed by atoms with Crippen LogP contribution in [0, 0.1) is 5.92 Å². The van der Waals surface area contributed by atoms with Crippen LogP contribution < -0.4 is 38.2 Å². The molecular formula is C38H60N8O25P4S2. The molecule has 434 valence electrons. The number of aliphatic hydroxyl groups excluding tert-OH is 1. The average Bonchev–Trinajstić information content (AvgIpc) is 3.96. The van der Waals surface area contributed by atoms with Crippen molar-refractivity contribution in [2.24, 2.45) is 5.92 Å². The number of phosphoric ester groups is 2. The molecule has 2 aliphatic heterocycles. The lowest BCUT2D eigenvalue weighted by atomic mass is 9.89. The van der Waals surface area contributed by atoms with E-state index in [-0.39, 0.29) is 81.2 Å².